The van der Waals surface area contributed by atoms with Crippen LogP contribution in [0.4, 0.5) is 0 Å². The van der Waals surface area contributed by atoms with E-state index in [2.05, 4.69) is 10.1 Å². The van der Waals surface area contributed by atoms with Crippen LogP contribution in [0, 0.1) is 0 Å². The van der Waals surface area contributed by atoms with E-state index in [1.165, 1.54) is 4.68 Å². The van der Waals surface area contributed by atoms with Crippen LogP contribution in [-0.2, 0) is 7.05 Å². The topological polar surface area (TPSA) is 73.0 Å². The van der Waals surface area contributed by atoms with Gasteiger partial charge in [-0.2, -0.15) is 5.10 Å². The molecule has 4 rings (SSSR count). The van der Waals surface area contributed by atoms with Gasteiger partial charge in [0.1, 0.15) is 11.5 Å². The lowest BCUT2D eigenvalue weighted by Crippen LogP contribution is -2.41. The van der Waals surface area contributed by atoms with Crippen molar-refractivity contribution in [2.24, 2.45) is 7.05 Å². The van der Waals surface area contributed by atoms with Crippen LogP contribution in [0.25, 0.3) is 0 Å². The number of aromatic nitrogens is 4. The number of nitrogens with zero attached hydrogens (tertiary/aromatic N) is 5. The van der Waals surface area contributed by atoms with Crippen LogP contribution >= 0.6 is 0 Å². The lowest BCUT2D eigenvalue weighted by Gasteiger charge is -2.32. The molecule has 2 aromatic rings. The minimum absolute atomic E-state index is 0.0324. The number of hydrogen-bond acceptors (Lipinski definition) is 4. The largest absolute Gasteiger partial charge is 0.345 e. The molecule has 126 valence electrons. The zero-order valence-electron chi connectivity index (χ0n) is 13.8. The second kappa shape index (κ2) is 5.89. The van der Waals surface area contributed by atoms with E-state index < -0.39 is 0 Å². The Morgan fingerprint density at radius 2 is 1.92 bits per heavy atom. The fourth-order valence-corrected chi connectivity index (χ4v) is 3.44. The SMILES string of the molecule is Cn1nc(C2CC2)n(C2CCN(C(=O)c3ccccn3)CC2)c1=O. The maximum atomic E-state index is 12.5. The molecule has 0 spiro atoms. The third-order valence-electron chi connectivity index (χ3n) is 4.93. The number of aryl methyl sites for hydroxylation is 1. The summed E-state index contributed by atoms with van der Waals surface area (Å²) < 4.78 is 3.32. The predicted octanol–water partition coefficient (Wildman–Crippen LogP) is 1.33. The summed E-state index contributed by atoms with van der Waals surface area (Å²) in [4.78, 5) is 30.9. The lowest BCUT2D eigenvalue weighted by molar-refractivity contribution is 0.0686. The molecule has 2 fully saturated rings. The molecule has 0 atom stereocenters. The number of carbonyl (C=O) groups excluding carboxylic acids is 1. The van der Waals surface area contributed by atoms with Crippen LogP contribution in [-0.4, -0.2) is 43.2 Å². The normalized spacial score (nSPS) is 18.8. The minimum atomic E-state index is -0.0357. The van der Waals surface area contributed by atoms with E-state index in [9.17, 15) is 9.59 Å². The Balaban J connectivity index is 1.49. The minimum Gasteiger partial charge on any atom is -0.337 e. The van der Waals surface area contributed by atoms with Crippen molar-refractivity contribution < 1.29 is 4.79 Å². The number of rotatable bonds is 3. The van der Waals surface area contributed by atoms with Crippen molar-refractivity contribution in [2.75, 3.05) is 13.1 Å². The summed E-state index contributed by atoms with van der Waals surface area (Å²) in [6, 6.07) is 5.50. The molecule has 0 aromatic carbocycles. The highest BCUT2D eigenvalue weighted by Gasteiger charge is 2.34. The molecule has 1 saturated heterocycles. The van der Waals surface area contributed by atoms with Crippen molar-refractivity contribution in [3.05, 3.63) is 46.4 Å². The van der Waals surface area contributed by atoms with Gasteiger partial charge in [0, 0.05) is 38.3 Å². The van der Waals surface area contributed by atoms with E-state index in [0.717, 1.165) is 31.5 Å². The highest BCUT2D eigenvalue weighted by atomic mass is 16.2. The Kier molecular flexibility index (Phi) is 3.70. The summed E-state index contributed by atoms with van der Waals surface area (Å²) in [7, 11) is 1.71. The first kappa shape index (κ1) is 15.1. The Labute approximate surface area is 139 Å². The molecule has 1 saturated carbocycles. The van der Waals surface area contributed by atoms with Crippen molar-refractivity contribution in [1.29, 1.82) is 0 Å². The summed E-state index contributed by atoms with van der Waals surface area (Å²) in [6.07, 6.45) is 5.44. The molecule has 2 aliphatic rings. The molecule has 1 aliphatic heterocycles. The first-order chi connectivity index (χ1) is 11.6. The molecule has 0 radical (unpaired) electrons. The molecular formula is C17H21N5O2. The Morgan fingerprint density at radius 3 is 2.54 bits per heavy atom. The van der Waals surface area contributed by atoms with Gasteiger partial charge in [-0.05, 0) is 37.8 Å². The van der Waals surface area contributed by atoms with E-state index in [1.54, 1.807) is 25.4 Å². The lowest BCUT2D eigenvalue weighted by atomic mass is 10.0. The van der Waals surface area contributed by atoms with Crippen molar-refractivity contribution >= 4 is 5.91 Å². The number of pyridine rings is 1. The number of hydrogen-bond donors (Lipinski definition) is 0. The van der Waals surface area contributed by atoms with Crippen LogP contribution in [0.2, 0.25) is 0 Å². The third kappa shape index (κ3) is 2.64. The van der Waals surface area contributed by atoms with E-state index >= 15 is 0 Å². The maximum Gasteiger partial charge on any atom is 0.345 e. The molecule has 0 unspecified atom stereocenters. The van der Waals surface area contributed by atoms with Crippen LogP contribution in [0.15, 0.2) is 29.2 Å². The maximum absolute atomic E-state index is 12.5. The van der Waals surface area contributed by atoms with Gasteiger partial charge in [0.2, 0.25) is 0 Å². The van der Waals surface area contributed by atoms with E-state index in [0.29, 0.717) is 24.7 Å². The average Bonchev–Trinajstić information content (AvgIpc) is 3.42. The average molecular weight is 327 g/mol. The predicted molar refractivity (Wildman–Crippen MR) is 87.9 cm³/mol. The first-order valence-corrected chi connectivity index (χ1v) is 8.51. The standard InChI is InChI=1S/C17H21N5O2/c1-20-17(24)22(15(19-20)12-5-6-12)13-7-10-21(11-8-13)16(23)14-4-2-3-9-18-14/h2-4,9,12-13H,5-8,10-11H2,1H3. The Hall–Kier alpha value is -2.44. The monoisotopic (exact) mass is 327 g/mol. The van der Waals surface area contributed by atoms with Gasteiger partial charge >= 0.3 is 5.69 Å². The molecule has 7 heteroatoms. The van der Waals surface area contributed by atoms with Crippen molar-refractivity contribution in [1.82, 2.24) is 24.2 Å². The van der Waals surface area contributed by atoms with Gasteiger partial charge in [-0.25, -0.2) is 9.48 Å². The van der Waals surface area contributed by atoms with Crippen LogP contribution in [0.5, 0.6) is 0 Å². The fourth-order valence-electron chi connectivity index (χ4n) is 3.44. The zero-order chi connectivity index (χ0) is 16.7. The molecule has 0 bridgehead atoms. The van der Waals surface area contributed by atoms with Gasteiger partial charge in [-0.1, -0.05) is 6.07 Å². The summed E-state index contributed by atoms with van der Waals surface area (Å²) in [5, 5.41) is 4.43. The van der Waals surface area contributed by atoms with Crippen LogP contribution < -0.4 is 5.69 Å². The summed E-state index contributed by atoms with van der Waals surface area (Å²) in [5.74, 6) is 1.33. The number of piperidine rings is 1. The third-order valence-corrected chi connectivity index (χ3v) is 4.93. The highest BCUT2D eigenvalue weighted by molar-refractivity contribution is 5.92. The van der Waals surface area contributed by atoms with Crippen molar-refractivity contribution in [2.45, 2.75) is 37.6 Å². The number of carbonyl (C=O) groups is 1. The molecular weight excluding hydrogens is 306 g/mol. The van der Waals surface area contributed by atoms with Gasteiger partial charge in [-0.3, -0.25) is 14.3 Å². The van der Waals surface area contributed by atoms with E-state index in [4.69, 9.17) is 0 Å². The molecule has 2 aromatic heterocycles. The second-order valence-electron chi connectivity index (χ2n) is 6.65. The van der Waals surface area contributed by atoms with Crippen molar-refractivity contribution in [3.8, 4) is 0 Å². The van der Waals surface area contributed by atoms with E-state index in [-0.39, 0.29) is 17.6 Å². The van der Waals surface area contributed by atoms with Gasteiger partial charge in [0.05, 0.1) is 0 Å². The molecule has 1 aliphatic carbocycles. The fraction of sp³-hybridized carbons (Fsp3) is 0.529. The molecule has 1 amide bonds. The summed E-state index contributed by atoms with van der Waals surface area (Å²) >= 11 is 0. The molecule has 24 heavy (non-hydrogen) atoms. The van der Waals surface area contributed by atoms with Crippen LogP contribution in [0.3, 0.4) is 0 Å². The smallest absolute Gasteiger partial charge is 0.337 e. The molecule has 7 nitrogen and oxygen atoms in total. The summed E-state index contributed by atoms with van der Waals surface area (Å²) in [5.41, 5.74) is 0.444. The first-order valence-electron chi connectivity index (χ1n) is 8.51. The zero-order valence-corrected chi connectivity index (χ0v) is 13.8. The second-order valence-corrected chi connectivity index (χ2v) is 6.65. The van der Waals surface area contributed by atoms with Gasteiger partial charge in [0.15, 0.2) is 0 Å². The highest BCUT2D eigenvalue weighted by Crippen LogP contribution is 2.40. The number of amides is 1. The summed E-state index contributed by atoms with van der Waals surface area (Å²) in [6.45, 7) is 1.29. The Bertz CT molecular complexity index is 798. The molecule has 3 heterocycles. The van der Waals surface area contributed by atoms with Gasteiger partial charge < -0.3 is 4.90 Å². The molecule has 0 N–H and O–H groups in total. The van der Waals surface area contributed by atoms with Crippen molar-refractivity contribution in [3.63, 3.8) is 0 Å². The number of likely N-dealkylation sites (tertiary alicyclic amines) is 1. The van der Waals surface area contributed by atoms with Gasteiger partial charge in [0.25, 0.3) is 5.91 Å². The van der Waals surface area contributed by atoms with E-state index in [1.807, 2.05) is 15.5 Å². The quantitative estimate of drug-likeness (QED) is 0.852. The Morgan fingerprint density at radius 1 is 1.17 bits per heavy atom. The van der Waals surface area contributed by atoms with Crippen LogP contribution in [0.1, 0.15) is 54.0 Å². The van der Waals surface area contributed by atoms with Gasteiger partial charge in [-0.15, -0.1) is 0 Å².